The molecule has 0 aromatic carbocycles. The molecule has 94 valence electrons. The Morgan fingerprint density at radius 1 is 1.56 bits per heavy atom. The molecule has 0 spiro atoms. The van der Waals surface area contributed by atoms with E-state index in [9.17, 15) is 13.2 Å². The summed E-state index contributed by atoms with van der Waals surface area (Å²) in [5.74, 6) is -0.498. The lowest BCUT2D eigenvalue weighted by Gasteiger charge is -2.19. The predicted octanol–water partition coefficient (Wildman–Crippen LogP) is 0.530. The Hall–Kier alpha value is -0.620. The molecule has 0 saturated carbocycles. The summed E-state index contributed by atoms with van der Waals surface area (Å²) >= 11 is 0. The summed E-state index contributed by atoms with van der Waals surface area (Å²) in [4.78, 5) is 11.0. The van der Waals surface area contributed by atoms with E-state index in [4.69, 9.17) is 4.74 Å². The summed E-state index contributed by atoms with van der Waals surface area (Å²) in [5.41, 5.74) is 0. The van der Waals surface area contributed by atoms with Crippen molar-refractivity contribution in [2.24, 2.45) is 0 Å². The van der Waals surface area contributed by atoms with Crippen molar-refractivity contribution in [1.29, 1.82) is 0 Å². The minimum absolute atomic E-state index is 0.0952. The van der Waals surface area contributed by atoms with Crippen molar-refractivity contribution in [3.63, 3.8) is 0 Å². The molecule has 1 heterocycles. The molecule has 3 unspecified atom stereocenters. The molecule has 0 N–H and O–H groups in total. The summed E-state index contributed by atoms with van der Waals surface area (Å²) in [7, 11) is -2.07. The average Bonchev–Trinajstić information content (AvgIpc) is 2.64. The Kier molecular flexibility index (Phi) is 4.32. The van der Waals surface area contributed by atoms with Gasteiger partial charge in [0.15, 0.2) is 9.84 Å². The van der Waals surface area contributed by atoms with Gasteiger partial charge in [0.1, 0.15) is 0 Å². The number of hydrogen-bond acceptors (Lipinski definition) is 5. The SMILES string of the molecule is COC(=O)CC(C)S(=O)(=O)C1CCOC1C. The Morgan fingerprint density at radius 2 is 2.19 bits per heavy atom. The van der Waals surface area contributed by atoms with Crippen LogP contribution in [-0.4, -0.2) is 44.7 Å². The molecule has 1 aliphatic heterocycles. The van der Waals surface area contributed by atoms with Crippen molar-refractivity contribution < 1.29 is 22.7 Å². The van der Waals surface area contributed by atoms with Crippen LogP contribution in [-0.2, 0) is 24.1 Å². The molecule has 1 saturated heterocycles. The van der Waals surface area contributed by atoms with Gasteiger partial charge in [-0.3, -0.25) is 4.79 Å². The zero-order chi connectivity index (χ0) is 12.3. The van der Waals surface area contributed by atoms with Crippen molar-refractivity contribution in [2.45, 2.75) is 43.3 Å². The molecule has 0 aliphatic carbocycles. The first-order valence-corrected chi connectivity index (χ1v) is 6.91. The van der Waals surface area contributed by atoms with E-state index in [1.165, 1.54) is 14.0 Å². The first kappa shape index (κ1) is 13.4. The monoisotopic (exact) mass is 250 g/mol. The standard InChI is InChI=1S/C10H18O5S/c1-7(6-10(11)14-3)16(12,13)9-4-5-15-8(9)2/h7-9H,4-6H2,1-3H3. The van der Waals surface area contributed by atoms with E-state index in [1.807, 2.05) is 0 Å². The third-order valence-electron chi connectivity index (χ3n) is 2.97. The molecule has 5 nitrogen and oxygen atoms in total. The molecular formula is C10H18O5S. The van der Waals surface area contributed by atoms with Crippen molar-refractivity contribution >= 4 is 15.8 Å². The highest BCUT2D eigenvalue weighted by Gasteiger charge is 2.39. The third-order valence-corrected chi connectivity index (χ3v) is 5.72. The number of carbonyl (C=O) groups excluding carboxylic acids is 1. The van der Waals surface area contributed by atoms with Crippen LogP contribution in [0.1, 0.15) is 26.7 Å². The quantitative estimate of drug-likeness (QED) is 0.681. The molecule has 16 heavy (non-hydrogen) atoms. The lowest BCUT2D eigenvalue weighted by molar-refractivity contribution is -0.140. The molecule has 0 radical (unpaired) electrons. The molecule has 1 rings (SSSR count). The molecule has 1 fully saturated rings. The lowest BCUT2D eigenvalue weighted by Crippen LogP contribution is -2.36. The fraction of sp³-hybridized carbons (Fsp3) is 0.900. The number of methoxy groups -OCH3 is 1. The van der Waals surface area contributed by atoms with E-state index in [0.717, 1.165) is 0 Å². The molecule has 6 heteroatoms. The van der Waals surface area contributed by atoms with Gasteiger partial charge in [0.05, 0.1) is 30.1 Å². The van der Waals surface area contributed by atoms with Crippen molar-refractivity contribution in [2.75, 3.05) is 13.7 Å². The second-order valence-electron chi connectivity index (χ2n) is 4.08. The Labute approximate surface area is 96.0 Å². The van der Waals surface area contributed by atoms with Crippen molar-refractivity contribution in [1.82, 2.24) is 0 Å². The van der Waals surface area contributed by atoms with Gasteiger partial charge in [-0.15, -0.1) is 0 Å². The lowest BCUT2D eigenvalue weighted by atomic mass is 10.2. The largest absolute Gasteiger partial charge is 0.469 e. The first-order valence-electron chi connectivity index (χ1n) is 5.30. The maximum absolute atomic E-state index is 12.1. The second kappa shape index (κ2) is 5.14. The van der Waals surface area contributed by atoms with Gasteiger partial charge in [-0.1, -0.05) is 0 Å². The molecule has 3 atom stereocenters. The maximum atomic E-state index is 12.1. The predicted molar refractivity (Wildman–Crippen MR) is 58.8 cm³/mol. The number of ether oxygens (including phenoxy) is 2. The fourth-order valence-corrected chi connectivity index (χ4v) is 3.88. The Bertz CT molecular complexity index is 348. The molecule has 0 amide bonds. The van der Waals surface area contributed by atoms with Crippen LogP contribution in [0, 0.1) is 0 Å². The normalized spacial score (nSPS) is 27.7. The van der Waals surface area contributed by atoms with Gasteiger partial charge in [0, 0.05) is 6.61 Å². The highest BCUT2D eigenvalue weighted by Crippen LogP contribution is 2.25. The summed E-state index contributed by atoms with van der Waals surface area (Å²) in [6.45, 7) is 3.76. The van der Waals surface area contributed by atoms with E-state index in [-0.39, 0.29) is 12.5 Å². The van der Waals surface area contributed by atoms with Crippen molar-refractivity contribution in [3.8, 4) is 0 Å². The van der Waals surface area contributed by atoms with Crippen LogP contribution in [0.5, 0.6) is 0 Å². The van der Waals surface area contributed by atoms with Gasteiger partial charge in [-0.05, 0) is 20.3 Å². The fourth-order valence-electron chi connectivity index (χ4n) is 1.88. The average molecular weight is 250 g/mol. The molecular weight excluding hydrogens is 232 g/mol. The van der Waals surface area contributed by atoms with Gasteiger partial charge in [-0.25, -0.2) is 8.42 Å². The summed E-state index contributed by atoms with van der Waals surface area (Å²) < 4.78 is 33.9. The highest BCUT2D eigenvalue weighted by molar-refractivity contribution is 7.92. The Balaban J connectivity index is 2.73. The van der Waals surface area contributed by atoms with Gasteiger partial charge in [0.25, 0.3) is 0 Å². The van der Waals surface area contributed by atoms with Gasteiger partial charge < -0.3 is 9.47 Å². The smallest absolute Gasteiger partial charge is 0.306 e. The Morgan fingerprint density at radius 3 is 2.62 bits per heavy atom. The molecule has 0 aromatic heterocycles. The van der Waals surface area contributed by atoms with Gasteiger partial charge >= 0.3 is 5.97 Å². The maximum Gasteiger partial charge on any atom is 0.306 e. The topological polar surface area (TPSA) is 69.7 Å². The number of sulfone groups is 1. The van der Waals surface area contributed by atoms with E-state index in [0.29, 0.717) is 13.0 Å². The first-order chi connectivity index (χ1) is 7.39. The molecule has 1 aliphatic rings. The number of esters is 1. The molecule has 0 bridgehead atoms. The minimum atomic E-state index is -3.32. The van der Waals surface area contributed by atoms with Crippen LogP contribution in [0.15, 0.2) is 0 Å². The zero-order valence-electron chi connectivity index (χ0n) is 9.80. The van der Waals surface area contributed by atoms with E-state index in [2.05, 4.69) is 4.74 Å². The van der Waals surface area contributed by atoms with E-state index < -0.39 is 26.3 Å². The van der Waals surface area contributed by atoms with Crippen LogP contribution in [0.25, 0.3) is 0 Å². The third kappa shape index (κ3) is 2.74. The van der Waals surface area contributed by atoms with E-state index in [1.54, 1.807) is 6.92 Å². The summed E-state index contributed by atoms with van der Waals surface area (Å²) in [6.07, 6.45) is 0.127. The highest BCUT2D eigenvalue weighted by atomic mass is 32.2. The number of carbonyl (C=O) groups is 1. The number of rotatable bonds is 4. The molecule has 0 aromatic rings. The van der Waals surface area contributed by atoms with Gasteiger partial charge in [-0.2, -0.15) is 0 Å². The van der Waals surface area contributed by atoms with Crippen LogP contribution in [0.3, 0.4) is 0 Å². The van der Waals surface area contributed by atoms with Crippen LogP contribution in [0.2, 0.25) is 0 Å². The summed E-state index contributed by atoms with van der Waals surface area (Å²) in [6, 6.07) is 0. The van der Waals surface area contributed by atoms with Gasteiger partial charge in [0.2, 0.25) is 0 Å². The minimum Gasteiger partial charge on any atom is -0.469 e. The van der Waals surface area contributed by atoms with Crippen LogP contribution >= 0.6 is 0 Å². The zero-order valence-corrected chi connectivity index (χ0v) is 10.6. The van der Waals surface area contributed by atoms with E-state index >= 15 is 0 Å². The van der Waals surface area contributed by atoms with Crippen LogP contribution in [0.4, 0.5) is 0 Å². The summed E-state index contributed by atoms with van der Waals surface area (Å²) in [5, 5.41) is -1.21. The van der Waals surface area contributed by atoms with Crippen LogP contribution < -0.4 is 0 Å². The van der Waals surface area contributed by atoms with Crippen molar-refractivity contribution in [3.05, 3.63) is 0 Å². The number of hydrogen-bond donors (Lipinski definition) is 0. The second-order valence-corrected chi connectivity index (χ2v) is 6.67.